The van der Waals surface area contributed by atoms with Gasteiger partial charge >= 0.3 is 0 Å². The lowest BCUT2D eigenvalue weighted by Crippen LogP contribution is -2.40. The fraction of sp³-hybridized carbons (Fsp3) is 0.769. The van der Waals surface area contributed by atoms with Crippen molar-refractivity contribution >= 4 is 0 Å². The molecule has 2 N–H and O–H groups in total. The van der Waals surface area contributed by atoms with Crippen LogP contribution >= 0.6 is 0 Å². The van der Waals surface area contributed by atoms with Gasteiger partial charge in [0, 0.05) is 19.3 Å². The number of nitrogens with zero attached hydrogens (tertiary/aromatic N) is 2. The monoisotopic (exact) mass is 237 g/mol. The summed E-state index contributed by atoms with van der Waals surface area (Å²) in [6, 6.07) is 2.50. The van der Waals surface area contributed by atoms with Gasteiger partial charge in [0.2, 0.25) is 0 Å². The van der Waals surface area contributed by atoms with E-state index in [1.807, 2.05) is 19.3 Å². The van der Waals surface area contributed by atoms with Gasteiger partial charge in [-0.05, 0) is 44.7 Å². The largest absolute Gasteiger partial charge is 0.383 e. The van der Waals surface area contributed by atoms with E-state index < -0.39 is 5.60 Å². The van der Waals surface area contributed by atoms with Crippen LogP contribution in [0, 0.1) is 0 Å². The Morgan fingerprint density at radius 1 is 1.53 bits per heavy atom. The van der Waals surface area contributed by atoms with Crippen LogP contribution in [0.25, 0.3) is 0 Å². The van der Waals surface area contributed by atoms with Crippen LogP contribution in [0.1, 0.15) is 44.7 Å². The average molecular weight is 237 g/mol. The molecule has 0 spiro atoms. The molecule has 0 aromatic carbocycles. The summed E-state index contributed by atoms with van der Waals surface area (Å²) in [6.07, 6.45) is 6.76. The van der Waals surface area contributed by atoms with E-state index in [-0.39, 0.29) is 0 Å². The highest BCUT2D eigenvalue weighted by molar-refractivity contribution is 5.12. The van der Waals surface area contributed by atoms with E-state index in [0.717, 1.165) is 37.9 Å². The van der Waals surface area contributed by atoms with Crippen molar-refractivity contribution in [3.8, 4) is 0 Å². The summed E-state index contributed by atoms with van der Waals surface area (Å²) in [5, 5.41) is 18.5. The van der Waals surface area contributed by atoms with E-state index in [2.05, 4.69) is 17.3 Å². The SMILES string of the molecule is CCCNC1CCC(O)(c2ccn(C)n2)CC1. The molecule has 1 aromatic heterocycles. The fourth-order valence-electron chi connectivity index (χ4n) is 2.57. The molecule has 0 unspecified atom stereocenters. The van der Waals surface area contributed by atoms with Gasteiger partial charge in [-0.15, -0.1) is 0 Å². The predicted molar refractivity (Wildman–Crippen MR) is 67.7 cm³/mol. The molecule has 1 fully saturated rings. The summed E-state index contributed by atoms with van der Waals surface area (Å²) >= 11 is 0. The molecule has 0 bridgehead atoms. The molecule has 2 rings (SSSR count). The zero-order valence-electron chi connectivity index (χ0n) is 10.8. The van der Waals surface area contributed by atoms with Crippen molar-refractivity contribution in [1.29, 1.82) is 0 Å². The maximum atomic E-state index is 10.6. The molecule has 1 heterocycles. The molecule has 96 valence electrons. The number of hydrogen-bond donors (Lipinski definition) is 2. The lowest BCUT2D eigenvalue weighted by atomic mass is 9.80. The first kappa shape index (κ1) is 12.6. The van der Waals surface area contributed by atoms with Crippen molar-refractivity contribution in [3.05, 3.63) is 18.0 Å². The standard InChI is InChI=1S/C13H23N3O/c1-3-9-14-11-4-7-13(17,8-5-11)12-6-10-16(2)15-12/h6,10-11,14,17H,3-5,7-9H2,1-2H3. The molecule has 4 nitrogen and oxygen atoms in total. The van der Waals surface area contributed by atoms with E-state index in [0.29, 0.717) is 6.04 Å². The number of aromatic nitrogens is 2. The normalized spacial score (nSPS) is 29.5. The second-order valence-corrected chi connectivity index (χ2v) is 5.13. The van der Waals surface area contributed by atoms with E-state index in [1.165, 1.54) is 6.42 Å². The highest BCUT2D eigenvalue weighted by Crippen LogP contribution is 2.36. The minimum Gasteiger partial charge on any atom is -0.383 e. The molecule has 1 aliphatic carbocycles. The minimum absolute atomic E-state index is 0.568. The second-order valence-electron chi connectivity index (χ2n) is 5.13. The van der Waals surface area contributed by atoms with Gasteiger partial charge in [-0.1, -0.05) is 6.92 Å². The molecule has 0 radical (unpaired) electrons. The maximum Gasteiger partial charge on any atom is 0.108 e. The van der Waals surface area contributed by atoms with Crippen molar-refractivity contribution < 1.29 is 5.11 Å². The Hall–Kier alpha value is -0.870. The summed E-state index contributed by atoms with van der Waals surface area (Å²) in [5.74, 6) is 0. The van der Waals surface area contributed by atoms with Gasteiger partial charge in [-0.25, -0.2) is 0 Å². The molecule has 0 aliphatic heterocycles. The van der Waals surface area contributed by atoms with Crippen molar-refractivity contribution in [3.63, 3.8) is 0 Å². The van der Waals surface area contributed by atoms with Crippen LogP contribution in [0.4, 0.5) is 0 Å². The van der Waals surface area contributed by atoms with E-state index >= 15 is 0 Å². The number of hydrogen-bond acceptors (Lipinski definition) is 3. The molecule has 1 aromatic rings. The molecule has 0 saturated heterocycles. The third kappa shape index (κ3) is 2.87. The van der Waals surface area contributed by atoms with E-state index in [9.17, 15) is 5.11 Å². The average Bonchev–Trinajstić information content (AvgIpc) is 2.76. The van der Waals surface area contributed by atoms with Crippen molar-refractivity contribution in [2.75, 3.05) is 6.54 Å². The Kier molecular flexibility index (Phi) is 3.84. The van der Waals surface area contributed by atoms with Gasteiger partial charge in [0.1, 0.15) is 5.60 Å². The third-order valence-electron chi connectivity index (χ3n) is 3.69. The Morgan fingerprint density at radius 3 is 2.76 bits per heavy atom. The topological polar surface area (TPSA) is 50.1 Å². The zero-order chi connectivity index (χ0) is 12.3. The van der Waals surface area contributed by atoms with Crippen LogP contribution in [0.5, 0.6) is 0 Å². The molecule has 1 saturated carbocycles. The summed E-state index contributed by atoms with van der Waals surface area (Å²) in [5.41, 5.74) is 0.125. The molecule has 1 aliphatic rings. The minimum atomic E-state index is -0.703. The van der Waals surface area contributed by atoms with E-state index in [1.54, 1.807) is 4.68 Å². The van der Waals surface area contributed by atoms with Gasteiger partial charge in [0.25, 0.3) is 0 Å². The maximum absolute atomic E-state index is 10.6. The first-order valence-corrected chi connectivity index (χ1v) is 6.60. The Labute approximate surface area is 103 Å². The molecule has 0 amide bonds. The summed E-state index contributed by atoms with van der Waals surface area (Å²) < 4.78 is 1.76. The lowest BCUT2D eigenvalue weighted by Gasteiger charge is -2.35. The van der Waals surface area contributed by atoms with Crippen molar-refractivity contribution in [1.82, 2.24) is 15.1 Å². The number of aryl methyl sites for hydroxylation is 1. The van der Waals surface area contributed by atoms with Crippen LogP contribution in [0.15, 0.2) is 12.3 Å². The summed E-state index contributed by atoms with van der Waals surface area (Å²) in [6.45, 7) is 3.26. The van der Waals surface area contributed by atoms with Crippen molar-refractivity contribution in [2.45, 2.75) is 50.7 Å². The van der Waals surface area contributed by atoms with Gasteiger partial charge in [-0.2, -0.15) is 5.10 Å². The van der Waals surface area contributed by atoms with Gasteiger partial charge < -0.3 is 10.4 Å². The number of aliphatic hydroxyl groups is 1. The quantitative estimate of drug-likeness (QED) is 0.835. The fourth-order valence-corrected chi connectivity index (χ4v) is 2.57. The summed E-state index contributed by atoms with van der Waals surface area (Å²) in [7, 11) is 1.89. The van der Waals surface area contributed by atoms with Crippen LogP contribution in [-0.4, -0.2) is 27.5 Å². The van der Waals surface area contributed by atoms with Crippen LogP contribution in [0.2, 0.25) is 0 Å². The molecule has 17 heavy (non-hydrogen) atoms. The van der Waals surface area contributed by atoms with Crippen LogP contribution in [-0.2, 0) is 12.6 Å². The van der Waals surface area contributed by atoms with Gasteiger partial charge in [-0.3, -0.25) is 4.68 Å². The second kappa shape index (κ2) is 5.19. The number of rotatable bonds is 4. The first-order chi connectivity index (χ1) is 8.14. The zero-order valence-corrected chi connectivity index (χ0v) is 10.8. The van der Waals surface area contributed by atoms with Crippen LogP contribution in [0.3, 0.4) is 0 Å². The highest BCUT2D eigenvalue weighted by atomic mass is 16.3. The van der Waals surface area contributed by atoms with Gasteiger partial charge in [0.05, 0.1) is 5.69 Å². The smallest absolute Gasteiger partial charge is 0.108 e. The predicted octanol–water partition coefficient (Wildman–Crippen LogP) is 1.55. The Morgan fingerprint density at radius 2 is 2.24 bits per heavy atom. The van der Waals surface area contributed by atoms with Crippen LogP contribution < -0.4 is 5.32 Å². The Bertz CT molecular complexity index is 353. The molecular formula is C13H23N3O. The van der Waals surface area contributed by atoms with Gasteiger partial charge in [0.15, 0.2) is 0 Å². The highest BCUT2D eigenvalue weighted by Gasteiger charge is 2.36. The molecule has 0 atom stereocenters. The Balaban J connectivity index is 1.93. The summed E-state index contributed by atoms with van der Waals surface area (Å²) in [4.78, 5) is 0. The lowest BCUT2D eigenvalue weighted by molar-refractivity contribution is -0.0125. The molecular weight excluding hydrogens is 214 g/mol. The van der Waals surface area contributed by atoms with E-state index in [4.69, 9.17) is 0 Å². The third-order valence-corrected chi connectivity index (χ3v) is 3.69. The van der Waals surface area contributed by atoms with Crippen molar-refractivity contribution in [2.24, 2.45) is 7.05 Å². The molecule has 4 heteroatoms. The number of nitrogens with one attached hydrogen (secondary N) is 1. The first-order valence-electron chi connectivity index (χ1n) is 6.60.